The third-order valence-corrected chi connectivity index (χ3v) is 5.40. The van der Waals surface area contributed by atoms with Crippen LogP contribution in [0.1, 0.15) is 88.9 Å². The van der Waals surface area contributed by atoms with Crippen LogP contribution in [0.25, 0.3) is 0 Å². The Labute approximate surface area is 141 Å². The van der Waals surface area contributed by atoms with E-state index in [1.165, 1.54) is 93.3 Å². The number of aryl methyl sites for hydroxylation is 1. The molecule has 0 aliphatic carbocycles. The van der Waals surface area contributed by atoms with Crippen molar-refractivity contribution in [3.63, 3.8) is 0 Å². The van der Waals surface area contributed by atoms with Crippen molar-refractivity contribution < 1.29 is 10.0 Å². The molecule has 2 nitrogen and oxygen atoms in total. The molecule has 0 atom stereocenters. The first-order chi connectivity index (χ1) is 10.7. The van der Waals surface area contributed by atoms with Crippen LogP contribution in [0, 0.1) is 0 Å². The van der Waals surface area contributed by atoms with E-state index in [-0.39, 0.29) is 0 Å². The van der Waals surface area contributed by atoms with Gasteiger partial charge in [-0.3, -0.25) is 0 Å². The van der Waals surface area contributed by atoms with Gasteiger partial charge in [-0.15, -0.1) is 11.3 Å². The number of unbranched alkanes of at least 4 members (excludes halogenated alkanes) is 11. The van der Waals surface area contributed by atoms with E-state index in [1.807, 2.05) is 12.1 Å². The third kappa shape index (κ3) is 9.65. The van der Waals surface area contributed by atoms with Crippen molar-refractivity contribution in [2.45, 2.75) is 90.4 Å². The molecule has 1 aromatic heterocycles. The molecule has 0 saturated heterocycles. The van der Waals surface area contributed by atoms with Crippen molar-refractivity contribution >= 4 is 23.2 Å². The van der Waals surface area contributed by atoms with Crippen molar-refractivity contribution in [2.75, 3.05) is 0 Å². The first-order valence-electron chi connectivity index (χ1n) is 9.18. The summed E-state index contributed by atoms with van der Waals surface area (Å²) in [5, 5.41) is 18.2. The molecule has 0 aliphatic rings. The van der Waals surface area contributed by atoms with E-state index >= 15 is 0 Å². The maximum absolute atomic E-state index is 9.08. The molecular weight excluding hydrogens is 291 g/mol. The van der Waals surface area contributed by atoms with Gasteiger partial charge in [0.1, 0.15) is 0 Å². The summed E-state index contributed by atoms with van der Waals surface area (Å²) in [5.41, 5.74) is 0. The smallest absolute Gasteiger partial charge is 0.423 e. The highest BCUT2D eigenvalue weighted by Gasteiger charge is 2.13. The van der Waals surface area contributed by atoms with Crippen LogP contribution in [-0.2, 0) is 6.42 Å². The van der Waals surface area contributed by atoms with Crippen molar-refractivity contribution in [3.05, 3.63) is 17.0 Å². The van der Waals surface area contributed by atoms with Gasteiger partial charge in [-0.1, -0.05) is 83.6 Å². The van der Waals surface area contributed by atoms with Gasteiger partial charge in [0.2, 0.25) is 0 Å². The van der Waals surface area contributed by atoms with Crippen LogP contribution in [0.3, 0.4) is 0 Å². The second-order valence-electron chi connectivity index (χ2n) is 6.32. The normalized spacial score (nSPS) is 11.0. The minimum atomic E-state index is -1.30. The zero-order valence-electron chi connectivity index (χ0n) is 14.2. The highest BCUT2D eigenvalue weighted by Crippen LogP contribution is 2.15. The Hall–Kier alpha value is -0.315. The largest absolute Gasteiger partial charge is 0.499 e. The van der Waals surface area contributed by atoms with E-state index < -0.39 is 7.12 Å². The van der Waals surface area contributed by atoms with E-state index in [9.17, 15) is 0 Å². The molecule has 0 bridgehead atoms. The lowest BCUT2D eigenvalue weighted by Gasteiger charge is -2.02. The van der Waals surface area contributed by atoms with Crippen LogP contribution in [-0.4, -0.2) is 17.2 Å². The monoisotopic (exact) mass is 324 g/mol. The van der Waals surface area contributed by atoms with E-state index in [2.05, 4.69) is 6.92 Å². The average molecular weight is 324 g/mol. The quantitative estimate of drug-likeness (QED) is 0.385. The van der Waals surface area contributed by atoms with Gasteiger partial charge >= 0.3 is 7.12 Å². The maximum atomic E-state index is 9.08. The maximum Gasteiger partial charge on any atom is 0.499 e. The molecule has 0 spiro atoms. The molecule has 2 N–H and O–H groups in total. The topological polar surface area (TPSA) is 40.5 Å². The highest BCUT2D eigenvalue weighted by atomic mass is 32.1. The molecule has 0 aliphatic heterocycles. The average Bonchev–Trinajstić information content (AvgIpc) is 2.97. The standard InChI is InChI=1S/C18H33BO2S/c1-2-3-4-5-6-7-8-9-10-11-12-13-14-17-15-16-18(22-17)19(20)21/h15-16,20-21H,2-14H2,1H3. The second kappa shape index (κ2) is 13.2. The summed E-state index contributed by atoms with van der Waals surface area (Å²) >= 11 is 1.52. The zero-order chi connectivity index (χ0) is 16.0. The molecule has 22 heavy (non-hydrogen) atoms. The van der Waals surface area contributed by atoms with Crippen molar-refractivity contribution in [2.24, 2.45) is 0 Å². The Morgan fingerprint density at radius 3 is 1.73 bits per heavy atom. The lowest BCUT2D eigenvalue weighted by Crippen LogP contribution is -2.26. The van der Waals surface area contributed by atoms with Gasteiger partial charge in [-0.25, -0.2) is 0 Å². The van der Waals surface area contributed by atoms with Gasteiger partial charge in [-0.2, -0.15) is 0 Å². The van der Waals surface area contributed by atoms with E-state index in [1.54, 1.807) is 0 Å². The Morgan fingerprint density at radius 2 is 1.27 bits per heavy atom. The molecule has 1 aromatic rings. The van der Waals surface area contributed by atoms with Crippen LogP contribution in [0.4, 0.5) is 0 Å². The van der Waals surface area contributed by atoms with Gasteiger partial charge in [0.25, 0.3) is 0 Å². The SMILES string of the molecule is CCCCCCCCCCCCCCc1ccc(B(O)O)s1. The van der Waals surface area contributed by atoms with Crippen LogP contribution in [0.15, 0.2) is 12.1 Å². The first-order valence-corrected chi connectivity index (χ1v) is 10.0. The predicted octanol–water partition coefficient (Wildman–Crippen LogP) is 4.67. The molecule has 4 heteroatoms. The lowest BCUT2D eigenvalue weighted by molar-refractivity contribution is 0.427. The van der Waals surface area contributed by atoms with Gasteiger partial charge in [0.15, 0.2) is 0 Å². The molecule has 0 aromatic carbocycles. The molecular formula is C18H33BO2S. The Bertz CT molecular complexity index is 366. The number of rotatable bonds is 14. The molecule has 1 rings (SSSR count). The highest BCUT2D eigenvalue weighted by molar-refractivity contribution is 7.22. The van der Waals surface area contributed by atoms with Crippen LogP contribution in [0.5, 0.6) is 0 Å². The summed E-state index contributed by atoms with van der Waals surface area (Å²) in [6.07, 6.45) is 17.6. The van der Waals surface area contributed by atoms with Gasteiger partial charge in [0.05, 0.1) is 0 Å². The predicted molar refractivity (Wildman–Crippen MR) is 98.9 cm³/mol. The fourth-order valence-electron chi connectivity index (χ4n) is 2.81. The van der Waals surface area contributed by atoms with E-state index in [4.69, 9.17) is 10.0 Å². The van der Waals surface area contributed by atoms with Crippen molar-refractivity contribution in [3.8, 4) is 0 Å². The number of hydrogen-bond donors (Lipinski definition) is 2. The van der Waals surface area contributed by atoms with Crippen molar-refractivity contribution in [1.29, 1.82) is 0 Å². The van der Waals surface area contributed by atoms with Crippen LogP contribution in [0.2, 0.25) is 0 Å². The summed E-state index contributed by atoms with van der Waals surface area (Å²) in [4.78, 5) is 1.27. The summed E-state index contributed by atoms with van der Waals surface area (Å²) < 4.78 is 0.661. The molecule has 0 unspecified atom stereocenters. The molecule has 126 valence electrons. The summed E-state index contributed by atoms with van der Waals surface area (Å²) in [5.74, 6) is 0. The van der Waals surface area contributed by atoms with Gasteiger partial charge < -0.3 is 10.0 Å². The Balaban J connectivity index is 1.85. The molecule has 0 amide bonds. The fraction of sp³-hybridized carbons (Fsp3) is 0.778. The van der Waals surface area contributed by atoms with Gasteiger partial charge in [0, 0.05) is 9.65 Å². The van der Waals surface area contributed by atoms with Crippen LogP contribution < -0.4 is 4.78 Å². The molecule has 0 radical (unpaired) electrons. The summed E-state index contributed by atoms with van der Waals surface area (Å²) in [7, 11) is -1.30. The zero-order valence-corrected chi connectivity index (χ0v) is 15.0. The first kappa shape index (κ1) is 19.7. The molecule has 0 saturated carbocycles. The lowest BCUT2D eigenvalue weighted by atomic mass is 9.90. The Kier molecular flexibility index (Phi) is 11.8. The van der Waals surface area contributed by atoms with Gasteiger partial charge in [-0.05, 0) is 18.9 Å². The number of thiophene rings is 1. The van der Waals surface area contributed by atoms with E-state index in [0.29, 0.717) is 4.78 Å². The summed E-state index contributed by atoms with van der Waals surface area (Å²) in [6.45, 7) is 2.27. The second-order valence-corrected chi connectivity index (χ2v) is 7.52. The summed E-state index contributed by atoms with van der Waals surface area (Å²) in [6, 6.07) is 3.85. The number of hydrogen-bond acceptors (Lipinski definition) is 3. The minimum Gasteiger partial charge on any atom is -0.423 e. The molecule has 0 fully saturated rings. The fourth-order valence-corrected chi connectivity index (χ4v) is 3.73. The molecule has 1 heterocycles. The van der Waals surface area contributed by atoms with E-state index in [0.717, 1.165) is 6.42 Å². The third-order valence-electron chi connectivity index (χ3n) is 4.21. The minimum absolute atomic E-state index is 0.661. The van der Waals surface area contributed by atoms with Crippen molar-refractivity contribution in [1.82, 2.24) is 0 Å². The Morgan fingerprint density at radius 1 is 0.773 bits per heavy atom. The van der Waals surface area contributed by atoms with Crippen LogP contribution >= 0.6 is 11.3 Å².